The van der Waals surface area contributed by atoms with Gasteiger partial charge in [-0.05, 0) is 0 Å². The first-order valence-electron chi connectivity index (χ1n) is 5.98. The number of rotatable bonds is 10. The molecule has 6 nitrogen and oxygen atoms in total. The third-order valence-corrected chi connectivity index (χ3v) is 5.93. The predicted molar refractivity (Wildman–Crippen MR) is 67.7 cm³/mol. The fourth-order valence-corrected chi connectivity index (χ4v) is 3.49. The summed E-state index contributed by atoms with van der Waals surface area (Å²) < 4.78 is 16.6. The van der Waals surface area contributed by atoms with E-state index in [1.807, 2.05) is 14.1 Å². The van der Waals surface area contributed by atoms with Crippen LogP contribution in [0.25, 0.3) is 0 Å². The second-order valence-electron chi connectivity index (χ2n) is 4.90. The number of hydrogen-bond donors (Lipinski definition) is 0. The zero-order valence-electron chi connectivity index (χ0n) is 12.0. The summed E-state index contributed by atoms with van der Waals surface area (Å²) in [6.45, 7) is 1.40. The molecule has 0 amide bonds. The Morgan fingerprint density at radius 1 is 1.11 bits per heavy atom. The van der Waals surface area contributed by atoms with Gasteiger partial charge in [0.15, 0.2) is 0 Å². The molecule has 18 heavy (non-hydrogen) atoms. The Morgan fingerprint density at radius 2 is 1.61 bits per heavy atom. The lowest BCUT2D eigenvalue weighted by Crippen LogP contribution is -2.46. The summed E-state index contributed by atoms with van der Waals surface area (Å²) in [6, 6.07) is 0.726. The number of carboxylic acid groups (broad SMARTS) is 1. The molecular formula is C11H25NO5Si. The molecule has 0 aromatic rings. The first-order chi connectivity index (χ1) is 8.31. The van der Waals surface area contributed by atoms with Crippen molar-refractivity contribution in [2.45, 2.75) is 18.9 Å². The van der Waals surface area contributed by atoms with Gasteiger partial charge < -0.3 is 27.7 Å². The Balaban J connectivity index is 4.11. The average molecular weight is 279 g/mol. The van der Waals surface area contributed by atoms with E-state index in [-0.39, 0.29) is 6.42 Å². The maximum atomic E-state index is 10.4. The van der Waals surface area contributed by atoms with E-state index in [1.54, 1.807) is 21.3 Å². The first kappa shape index (κ1) is 17.5. The van der Waals surface area contributed by atoms with Crippen LogP contribution in [0.4, 0.5) is 0 Å². The van der Waals surface area contributed by atoms with Crippen LogP contribution in [0.1, 0.15) is 12.8 Å². The highest BCUT2D eigenvalue weighted by molar-refractivity contribution is 6.60. The quantitative estimate of drug-likeness (QED) is 0.397. The molecule has 0 spiro atoms. The number of carbonyl (C=O) groups excluding carboxylic acids is 1. The van der Waals surface area contributed by atoms with Crippen LogP contribution >= 0.6 is 0 Å². The summed E-state index contributed by atoms with van der Waals surface area (Å²) in [5, 5.41) is 10.4. The lowest BCUT2D eigenvalue weighted by Gasteiger charge is -2.31. The van der Waals surface area contributed by atoms with E-state index in [9.17, 15) is 9.90 Å². The average Bonchev–Trinajstić information content (AvgIpc) is 2.33. The molecule has 0 radical (unpaired) electrons. The van der Waals surface area contributed by atoms with Crippen LogP contribution in [0, 0.1) is 0 Å². The monoisotopic (exact) mass is 279 g/mol. The highest BCUT2D eigenvalue weighted by atomic mass is 28.4. The molecule has 7 heteroatoms. The zero-order valence-corrected chi connectivity index (χ0v) is 13.0. The topological polar surface area (TPSA) is 67.8 Å². The highest BCUT2D eigenvalue weighted by Crippen LogP contribution is 2.16. The highest BCUT2D eigenvalue weighted by Gasteiger charge is 2.37. The van der Waals surface area contributed by atoms with Crippen LogP contribution in [0.5, 0.6) is 0 Å². The van der Waals surface area contributed by atoms with Gasteiger partial charge in [0, 0.05) is 46.2 Å². The van der Waals surface area contributed by atoms with Crippen molar-refractivity contribution in [3.8, 4) is 0 Å². The van der Waals surface area contributed by atoms with Gasteiger partial charge in [-0.25, -0.2) is 0 Å². The van der Waals surface area contributed by atoms with Gasteiger partial charge in [-0.3, -0.25) is 0 Å². The standard InChI is InChI=1S/C11H25NO5Si/c1-12(2,9-7-11(13)14)8-6-10-18(15-3,16-4)17-5/h6-10H2,1-5H3. The fraction of sp³-hybridized carbons (Fsp3) is 0.909. The summed E-state index contributed by atoms with van der Waals surface area (Å²) in [6.07, 6.45) is 0.941. The molecule has 0 N–H and O–H groups in total. The van der Waals surface area contributed by atoms with Gasteiger partial charge in [0.2, 0.25) is 0 Å². The maximum absolute atomic E-state index is 10.4. The Labute approximate surface area is 110 Å². The Kier molecular flexibility index (Phi) is 7.65. The number of carboxylic acids is 1. The van der Waals surface area contributed by atoms with Crippen molar-refractivity contribution < 1.29 is 27.7 Å². The van der Waals surface area contributed by atoms with E-state index in [4.69, 9.17) is 13.3 Å². The molecule has 0 aromatic carbocycles. The molecule has 0 unspecified atom stereocenters. The van der Waals surface area contributed by atoms with E-state index in [0.717, 1.165) is 19.0 Å². The van der Waals surface area contributed by atoms with Crippen LogP contribution in [0.2, 0.25) is 6.04 Å². The van der Waals surface area contributed by atoms with E-state index in [1.165, 1.54) is 0 Å². The minimum Gasteiger partial charge on any atom is -0.550 e. The van der Waals surface area contributed by atoms with Gasteiger partial charge in [-0.15, -0.1) is 0 Å². The van der Waals surface area contributed by atoms with Gasteiger partial charge >= 0.3 is 8.80 Å². The number of aliphatic carboxylic acids is 1. The van der Waals surface area contributed by atoms with Gasteiger partial charge in [0.25, 0.3) is 0 Å². The fourth-order valence-electron chi connectivity index (χ4n) is 1.79. The molecule has 0 rings (SSSR count). The lowest BCUT2D eigenvalue weighted by molar-refractivity contribution is -0.890. The second-order valence-corrected chi connectivity index (χ2v) is 7.99. The summed E-state index contributed by atoms with van der Waals surface area (Å²) in [5.74, 6) is -1.00. The predicted octanol–water partition coefficient (Wildman–Crippen LogP) is -0.529. The van der Waals surface area contributed by atoms with Crippen molar-refractivity contribution in [1.82, 2.24) is 0 Å². The third-order valence-electron chi connectivity index (χ3n) is 3.10. The lowest BCUT2D eigenvalue weighted by atomic mass is 10.3. The molecule has 0 fully saturated rings. The maximum Gasteiger partial charge on any atom is 0.500 e. The van der Waals surface area contributed by atoms with Crippen molar-refractivity contribution in [2.75, 3.05) is 48.5 Å². The number of quaternary nitrogens is 1. The molecule has 0 saturated carbocycles. The van der Waals surface area contributed by atoms with Crippen LogP contribution < -0.4 is 5.11 Å². The summed E-state index contributed by atoms with van der Waals surface area (Å²) in [5.41, 5.74) is 0. The second kappa shape index (κ2) is 7.85. The zero-order chi connectivity index (χ0) is 14.2. The van der Waals surface area contributed by atoms with E-state index >= 15 is 0 Å². The van der Waals surface area contributed by atoms with Crippen molar-refractivity contribution in [1.29, 1.82) is 0 Å². The number of carbonyl (C=O) groups is 1. The number of nitrogens with zero attached hydrogens (tertiary/aromatic N) is 1. The first-order valence-corrected chi connectivity index (χ1v) is 7.91. The summed E-state index contributed by atoms with van der Waals surface area (Å²) in [4.78, 5) is 10.4. The van der Waals surface area contributed by atoms with Gasteiger partial charge in [0.05, 0.1) is 27.2 Å². The van der Waals surface area contributed by atoms with E-state index in [0.29, 0.717) is 11.0 Å². The van der Waals surface area contributed by atoms with Crippen LogP contribution in [-0.2, 0) is 18.1 Å². The molecule has 0 aliphatic rings. The van der Waals surface area contributed by atoms with Gasteiger partial charge in [-0.1, -0.05) is 0 Å². The van der Waals surface area contributed by atoms with Crippen LogP contribution in [-0.4, -0.2) is 67.8 Å². The molecule has 0 heterocycles. The van der Waals surface area contributed by atoms with Crippen molar-refractivity contribution >= 4 is 14.8 Å². The van der Waals surface area contributed by atoms with Gasteiger partial charge in [-0.2, -0.15) is 0 Å². The molecule has 0 saturated heterocycles. The largest absolute Gasteiger partial charge is 0.550 e. The molecule has 0 aliphatic heterocycles. The summed E-state index contributed by atoms with van der Waals surface area (Å²) >= 11 is 0. The minimum absolute atomic E-state index is 0.0778. The molecule has 0 atom stereocenters. The Bertz CT molecular complexity index is 248. The van der Waals surface area contributed by atoms with Crippen molar-refractivity contribution in [2.24, 2.45) is 0 Å². The van der Waals surface area contributed by atoms with E-state index in [2.05, 4.69) is 0 Å². The Hall–Kier alpha value is -0.473. The Morgan fingerprint density at radius 3 is 2.00 bits per heavy atom. The van der Waals surface area contributed by atoms with Gasteiger partial charge in [0.1, 0.15) is 0 Å². The summed E-state index contributed by atoms with van der Waals surface area (Å²) in [7, 11) is 6.27. The number of hydrogen-bond acceptors (Lipinski definition) is 5. The van der Waals surface area contributed by atoms with Crippen LogP contribution in [0.15, 0.2) is 0 Å². The molecular weight excluding hydrogens is 254 g/mol. The normalized spacial score (nSPS) is 12.7. The third kappa shape index (κ3) is 6.46. The van der Waals surface area contributed by atoms with Crippen LogP contribution in [0.3, 0.4) is 0 Å². The van der Waals surface area contributed by atoms with Crippen molar-refractivity contribution in [3.63, 3.8) is 0 Å². The molecule has 108 valence electrons. The smallest absolute Gasteiger partial charge is 0.500 e. The minimum atomic E-state index is -2.50. The molecule has 0 aliphatic carbocycles. The van der Waals surface area contributed by atoms with E-state index < -0.39 is 14.8 Å². The molecule has 0 bridgehead atoms. The SMILES string of the molecule is CO[Si](CCC[N+](C)(C)CCC(=O)[O-])(OC)OC. The molecule has 0 aromatic heterocycles. The van der Waals surface area contributed by atoms with Crippen molar-refractivity contribution in [3.05, 3.63) is 0 Å².